The molecule has 0 amide bonds. The highest BCUT2D eigenvalue weighted by molar-refractivity contribution is 7.33. The van der Waals surface area contributed by atoms with E-state index in [1.807, 2.05) is 0 Å². The van der Waals surface area contributed by atoms with Gasteiger partial charge in [-0.05, 0) is 13.8 Å². The SMILES string of the molecule is CC(CC(=O)O)O[P+](=O)OC(C)CC(=O)O. The maximum Gasteiger partial charge on any atom is 0.697 e. The number of carboxylic acid groups (broad SMARTS) is 2. The molecule has 7 nitrogen and oxygen atoms in total. The van der Waals surface area contributed by atoms with Crippen LogP contribution < -0.4 is 0 Å². The van der Waals surface area contributed by atoms with Crippen molar-refractivity contribution in [2.45, 2.75) is 38.9 Å². The average molecular weight is 253 g/mol. The quantitative estimate of drug-likeness (QED) is 0.629. The molecule has 2 unspecified atom stereocenters. The molecular weight excluding hydrogens is 239 g/mol. The molecule has 0 bridgehead atoms. The first-order valence-electron chi connectivity index (χ1n) is 4.55. The molecule has 16 heavy (non-hydrogen) atoms. The minimum absolute atomic E-state index is 0.294. The Morgan fingerprint density at radius 3 is 1.62 bits per heavy atom. The van der Waals surface area contributed by atoms with Crippen LogP contribution in [0.25, 0.3) is 0 Å². The van der Waals surface area contributed by atoms with Crippen molar-refractivity contribution in [3.05, 3.63) is 0 Å². The summed E-state index contributed by atoms with van der Waals surface area (Å²) in [5.41, 5.74) is 0. The second-order valence-electron chi connectivity index (χ2n) is 3.25. The molecule has 0 aliphatic heterocycles. The predicted octanol–water partition coefficient (Wildman–Crippen LogP) is 1.40. The first-order valence-corrected chi connectivity index (χ1v) is 5.65. The van der Waals surface area contributed by atoms with Crippen LogP contribution in [0.15, 0.2) is 0 Å². The Hall–Kier alpha value is -1.04. The largest absolute Gasteiger partial charge is 0.697 e. The van der Waals surface area contributed by atoms with E-state index in [1.54, 1.807) is 0 Å². The molecule has 0 fully saturated rings. The van der Waals surface area contributed by atoms with Crippen LogP contribution in [-0.4, -0.2) is 34.4 Å². The Kier molecular flexibility index (Phi) is 6.80. The molecule has 0 saturated heterocycles. The average Bonchev–Trinajstić information content (AvgIpc) is 1.97. The minimum atomic E-state index is -2.50. The van der Waals surface area contributed by atoms with Gasteiger partial charge in [0.05, 0.1) is 12.8 Å². The van der Waals surface area contributed by atoms with Gasteiger partial charge >= 0.3 is 20.2 Å². The summed E-state index contributed by atoms with van der Waals surface area (Å²) in [6.07, 6.45) is -2.09. The van der Waals surface area contributed by atoms with Crippen LogP contribution in [-0.2, 0) is 23.2 Å². The maximum atomic E-state index is 11.1. The van der Waals surface area contributed by atoms with Gasteiger partial charge in [-0.2, -0.15) is 0 Å². The van der Waals surface area contributed by atoms with E-state index in [9.17, 15) is 14.2 Å². The van der Waals surface area contributed by atoms with Crippen LogP contribution >= 0.6 is 8.25 Å². The highest BCUT2D eigenvalue weighted by atomic mass is 31.1. The number of aliphatic carboxylic acids is 2. The van der Waals surface area contributed by atoms with Gasteiger partial charge in [-0.15, -0.1) is 9.05 Å². The van der Waals surface area contributed by atoms with E-state index in [1.165, 1.54) is 13.8 Å². The second kappa shape index (κ2) is 7.27. The third-order valence-corrected chi connectivity index (χ3v) is 2.52. The lowest BCUT2D eigenvalue weighted by molar-refractivity contribution is -0.139. The second-order valence-corrected chi connectivity index (χ2v) is 4.12. The van der Waals surface area contributed by atoms with Crippen LogP contribution in [0.2, 0.25) is 0 Å². The lowest BCUT2D eigenvalue weighted by Crippen LogP contribution is -2.13. The van der Waals surface area contributed by atoms with Crippen molar-refractivity contribution in [3.63, 3.8) is 0 Å². The van der Waals surface area contributed by atoms with E-state index >= 15 is 0 Å². The zero-order chi connectivity index (χ0) is 12.7. The zero-order valence-electron chi connectivity index (χ0n) is 8.95. The molecule has 2 atom stereocenters. The molecule has 0 saturated carbocycles. The van der Waals surface area contributed by atoms with E-state index in [0.717, 1.165) is 0 Å². The van der Waals surface area contributed by atoms with Gasteiger partial charge in [0, 0.05) is 4.57 Å². The number of hydrogen-bond donors (Lipinski definition) is 2. The molecule has 0 radical (unpaired) electrons. The zero-order valence-corrected chi connectivity index (χ0v) is 9.85. The monoisotopic (exact) mass is 253 g/mol. The Morgan fingerprint density at radius 2 is 1.38 bits per heavy atom. The molecule has 0 spiro atoms. The van der Waals surface area contributed by atoms with Crippen molar-refractivity contribution in [2.75, 3.05) is 0 Å². The molecule has 8 heteroatoms. The summed E-state index contributed by atoms with van der Waals surface area (Å²) < 4.78 is 20.6. The van der Waals surface area contributed by atoms with Crippen LogP contribution in [0.5, 0.6) is 0 Å². The number of carbonyl (C=O) groups is 2. The van der Waals surface area contributed by atoms with Gasteiger partial charge in [-0.3, -0.25) is 9.59 Å². The molecule has 0 aromatic rings. The number of carboxylic acids is 2. The fourth-order valence-electron chi connectivity index (χ4n) is 0.885. The van der Waals surface area contributed by atoms with Gasteiger partial charge in [0.1, 0.15) is 12.2 Å². The molecule has 0 aromatic carbocycles. The van der Waals surface area contributed by atoms with E-state index in [-0.39, 0.29) is 12.8 Å². The topological polar surface area (TPSA) is 110 Å². The normalized spacial score (nSPS) is 15.2. The summed E-state index contributed by atoms with van der Waals surface area (Å²) in [5, 5.41) is 16.8. The van der Waals surface area contributed by atoms with Crippen LogP contribution in [0.1, 0.15) is 26.7 Å². The van der Waals surface area contributed by atoms with Gasteiger partial charge in [-0.1, -0.05) is 0 Å². The Morgan fingerprint density at radius 1 is 1.06 bits per heavy atom. The molecule has 0 aliphatic carbocycles. The molecule has 0 aromatic heterocycles. The Bertz CT molecular complexity index is 252. The van der Waals surface area contributed by atoms with Gasteiger partial charge in [0.25, 0.3) is 0 Å². The molecule has 0 aliphatic rings. The smallest absolute Gasteiger partial charge is 0.481 e. The van der Waals surface area contributed by atoms with Crippen LogP contribution in [0.4, 0.5) is 0 Å². The molecule has 0 rings (SSSR count). The lowest BCUT2D eigenvalue weighted by Gasteiger charge is -2.02. The summed E-state index contributed by atoms with van der Waals surface area (Å²) in [4.78, 5) is 20.5. The molecule has 2 N–H and O–H groups in total. The van der Waals surface area contributed by atoms with Crippen LogP contribution in [0.3, 0.4) is 0 Å². The van der Waals surface area contributed by atoms with E-state index in [4.69, 9.17) is 19.3 Å². The summed E-state index contributed by atoms with van der Waals surface area (Å²) in [6.45, 7) is 2.87. The van der Waals surface area contributed by atoms with Gasteiger partial charge in [0.2, 0.25) is 0 Å². The highest BCUT2D eigenvalue weighted by Gasteiger charge is 2.29. The summed E-state index contributed by atoms with van der Waals surface area (Å²) in [5.74, 6) is -2.15. The third kappa shape index (κ3) is 8.28. The summed E-state index contributed by atoms with van der Waals surface area (Å²) >= 11 is 0. The Labute approximate surface area is 93.3 Å². The fourth-order valence-corrected chi connectivity index (χ4v) is 1.67. The molecule has 92 valence electrons. The van der Waals surface area contributed by atoms with Crippen molar-refractivity contribution in [3.8, 4) is 0 Å². The standard InChI is InChI=1S/C8H13O7P/c1-5(3-7(9)10)14-16(13)15-6(2)4-8(11)12/h5-6H,3-4H2,1-2H3,(H-,9,10,11,12)/p+1. The van der Waals surface area contributed by atoms with Crippen molar-refractivity contribution < 1.29 is 33.4 Å². The summed E-state index contributed by atoms with van der Waals surface area (Å²) in [7, 11) is -2.50. The van der Waals surface area contributed by atoms with Crippen molar-refractivity contribution >= 4 is 20.2 Å². The number of rotatable bonds is 8. The first-order chi connectivity index (χ1) is 7.31. The van der Waals surface area contributed by atoms with Gasteiger partial charge in [0.15, 0.2) is 0 Å². The molecule has 0 heterocycles. The van der Waals surface area contributed by atoms with Crippen LogP contribution in [0, 0.1) is 0 Å². The van der Waals surface area contributed by atoms with Gasteiger partial charge in [-0.25, -0.2) is 0 Å². The highest BCUT2D eigenvalue weighted by Crippen LogP contribution is 2.29. The minimum Gasteiger partial charge on any atom is -0.481 e. The fraction of sp³-hybridized carbons (Fsp3) is 0.750. The number of hydrogen-bond acceptors (Lipinski definition) is 5. The Balaban J connectivity index is 3.89. The summed E-state index contributed by atoms with van der Waals surface area (Å²) in [6, 6.07) is 0. The first kappa shape index (κ1) is 15.0. The van der Waals surface area contributed by atoms with E-state index in [0.29, 0.717) is 0 Å². The predicted molar refractivity (Wildman–Crippen MR) is 53.2 cm³/mol. The molecular formula is C8H14O7P+. The lowest BCUT2D eigenvalue weighted by atomic mass is 10.3. The maximum absolute atomic E-state index is 11.1. The van der Waals surface area contributed by atoms with Crippen molar-refractivity contribution in [2.24, 2.45) is 0 Å². The van der Waals surface area contributed by atoms with Crippen molar-refractivity contribution in [1.82, 2.24) is 0 Å². The van der Waals surface area contributed by atoms with E-state index in [2.05, 4.69) is 0 Å². The third-order valence-electron chi connectivity index (χ3n) is 1.46. The van der Waals surface area contributed by atoms with Gasteiger partial charge < -0.3 is 10.2 Å². The van der Waals surface area contributed by atoms with E-state index < -0.39 is 32.4 Å². The van der Waals surface area contributed by atoms with Crippen molar-refractivity contribution in [1.29, 1.82) is 0 Å².